The van der Waals surface area contributed by atoms with Crippen LogP contribution in [0.3, 0.4) is 0 Å². The fraction of sp³-hybridized carbons (Fsp3) is 0.529. The number of para-hydroxylation sites is 2. The van der Waals surface area contributed by atoms with E-state index in [0.717, 1.165) is 25.9 Å². The van der Waals surface area contributed by atoms with Gasteiger partial charge in [-0.3, -0.25) is 9.59 Å². The lowest BCUT2D eigenvalue weighted by atomic mass is 9.97. The monoisotopic (exact) mass is 318 g/mol. The van der Waals surface area contributed by atoms with Crippen molar-refractivity contribution in [1.82, 2.24) is 9.80 Å². The minimum absolute atomic E-state index is 0.000664. The van der Waals surface area contributed by atoms with Gasteiger partial charge in [-0.15, -0.1) is 0 Å². The maximum absolute atomic E-state index is 12.5. The van der Waals surface area contributed by atoms with E-state index < -0.39 is 0 Å². The predicted octanol–water partition coefficient (Wildman–Crippen LogP) is 1.47. The maximum atomic E-state index is 12.5. The van der Waals surface area contributed by atoms with Crippen molar-refractivity contribution in [1.29, 1.82) is 0 Å². The Morgan fingerprint density at radius 2 is 1.87 bits per heavy atom. The maximum Gasteiger partial charge on any atom is 0.238 e. The van der Waals surface area contributed by atoms with E-state index in [4.69, 9.17) is 0 Å². The smallest absolute Gasteiger partial charge is 0.238 e. The molecule has 2 rings (SSSR count). The van der Waals surface area contributed by atoms with Gasteiger partial charge in [-0.2, -0.15) is 0 Å². The average molecular weight is 318 g/mol. The second-order valence-corrected chi connectivity index (χ2v) is 6.42. The van der Waals surface area contributed by atoms with Crippen molar-refractivity contribution in [2.45, 2.75) is 12.8 Å². The lowest BCUT2D eigenvalue weighted by molar-refractivity contribution is -0.121. The van der Waals surface area contributed by atoms with Crippen molar-refractivity contribution in [2.75, 3.05) is 51.4 Å². The highest BCUT2D eigenvalue weighted by Crippen LogP contribution is 2.23. The van der Waals surface area contributed by atoms with Gasteiger partial charge in [0.1, 0.15) is 0 Å². The van der Waals surface area contributed by atoms with Crippen LogP contribution in [0.1, 0.15) is 12.8 Å². The van der Waals surface area contributed by atoms with Crippen LogP contribution >= 0.6 is 0 Å². The van der Waals surface area contributed by atoms with Crippen LogP contribution in [0.15, 0.2) is 24.3 Å². The molecule has 1 fully saturated rings. The number of rotatable bonds is 5. The van der Waals surface area contributed by atoms with Crippen molar-refractivity contribution in [2.24, 2.45) is 5.92 Å². The molecule has 0 radical (unpaired) electrons. The van der Waals surface area contributed by atoms with E-state index >= 15 is 0 Å². The molecule has 0 aromatic heterocycles. The molecule has 2 amide bonds. The van der Waals surface area contributed by atoms with E-state index in [9.17, 15) is 9.59 Å². The third-order valence-electron chi connectivity index (χ3n) is 3.91. The van der Waals surface area contributed by atoms with Crippen LogP contribution in [-0.2, 0) is 9.59 Å². The molecule has 1 aromatic carbocycles. The topological polar surface area (TPSA) is 64.7 Å². The number of likely N-dealkylation sites (N-methyl/N-ethyl adjacent to an activating group) is 1. The number of hydrogen-bond acceptors (Lipinski definition) is 4. The zero-order chi connectivity index (χ0) is 16.8. The molecule has 0 saturated carbocycles. The normalized spacial score (nSPS) is 18.7. The van der Waals surface area contributed by atoms with Gasteiger partial charge in [0, 0.05) is 6.54 Å². The third-order valence-corrected chi connectivity index (χ3v) is 3.91. The number of carbonyl (C=O) groups is 2. The fourth-order valence-electron chi connectivity index (χ4n) is 2.79. The number of carbonyl (C=O) groups excluding carboxylic acids is 2. The largest absolute Gasteiger partial charge is 0.324 e. The second-order valence-electron chi connectivity index (χ2n) is 6.42. The molecule has 2 N–H and O–H groups in total. The minimum Gasteiger partial charge on any atom is -0.324 e. The molecule has 0 aliphatic carbocycles. The first-order valence-electron chi connectivity index (χ1n) is 7.98. The van der Waals surface area contributed by atoms with Crippen LogP contribution < -0.4 is 10.6 Å². The number of benzene rings is 1. The van der Waals surface area contributed by atoms with Gasteiger partial charge in [-0.25, -0.2) is 0 Å². The van der Waals surface area contributed by atoms with Crippen LogP contribution in [0.4, 0.5) is 11.4 Å². The van der Waals surface area contributed by atoms with E-state index in [1.54, 1.807) is 11.0 Å². The van der Waals surface area contributed by atoms with Crippen LogP contribution in [-0.4, -0.2) is 62.4 Å². The summed E-state index contributed by atoms with van der Waals surface area (Å²) in [6, 6.07) is 7.31. The zero-order valence-corrected chi connectivity index (χ0v) is 14.1. The van der Waals surface area contributed by atoms with Crippen molar-refractivity contribution < 1.29 is 9.59 Å². The molecule has 0 spiro atoms. The highest BCUT2D eigenvalue weighted by Gasteiger charge is 2.24. The summed E-state index contributed by atoms with van der Waals surface area (Å²) >= 11 is 0. The number of likely N-dealkylation sites (tertiary alicyclic amines) is 1. The summed E-state index contributed by atoms with van der Waals surface area (Å²) in [5.74, 6) is -0.0840. The molecule has 0 bridgehead atoms. The second kappa shape index (κ2) is 8.08. The van der Waals surface area contributed by atoms with E-state index in [-0.39, 0.29) is 17.7 Å². The van der Waals surface area contributed by atoms with Crippen molar-refractivity contribution in [3.05, 3.63) is 24.3 Å². The first kappa shape index (κ1) is 17.4. The Hall–Kier alpha value is -1.92. The van der Waals surface area contributed by atoms with Gasteiger partial charge < -0.3 is 20.4 Å². The van der Waals surface area contributed by atoms with Crippen LogP contribution in [0.25, 0.3) is 0 Å². The first-order chi connectivity index (χ1) is 11.0. The van der Waals surface area contributed by atoms with Gasteiger partial charge in [0.25, 0.3) is 0 Å². The Bertz CT molecular complexity index is 559. The summed E-state index contributed by atoms with van der Waals surface area (Å²) in [7, 11) is 5.72. The summed E-state index contributed by atoms with van der Waals surface area (Å²) in [4.78, 5) is 28.4. The Morgan fingerprint density at radius 1 is 1.22 bits per heavy atom. The molecule has 126 valence electrons. The van der Waals surface area contributed by atoms with E-state index in [0.29, 0.717) is 17.9 Å². The number of nitrogens with one attached hydrogen (secondary N) is 2. The standard InChI is InChI=1S/C17H26N4O2/c1-20(2)12-16(22)18-14-8-4-5-9-15(14)19-17(23)13-7-6-10-21(3)11-13/h4-5,8-9,13H,6-7,10-12H2,1-3H3,(H,18,22)(H,19,23). The SMILES string of the molecule is CN(C)CC(=O)Nc1ccccc1NC(=O)C1CCCN(C)C1. The molecule has 1 heterocycles. The predicted molar refractivity (Wildman–Crippen MR) is 92.5 cm³/mol. The van der Waals surface area contributed by atoms with Gasteiger partial charge in [0.05, 0.1) is 23.8 Å². The summed E-state index contributed by atoms with van der Waals surface area (Å²) in [6.45, 7) is 2.12. The Balaban J connectivity index is 2.02. The molecule has 1 atom stereocenters. The quantitative estimate of drug-likeness (QED) is 0.863. The highest BCUT2D eigenvalue weighted by atomic mass is 16.2. The summed E-state index contributed by atoms with van der Waals surface area (Å²) in [5, 5.41) is 5.82. The Morgan fingerprint density at radius 3 is 2.48 bits per heavy atom. The van der Waals surface area contributed by atoms with Crippen LogP contribution in [0, 0.1) is 5.92 Å². The fourth-order valence-corrected chi connectivity index (χ4v) is 2.79. The Labute approximate surface area is 137 Å². The summed E-state index contributed by atoms with van der Waals surface area (Å²) in [6.07, 6.45) is 1.95. The Kier molecular flexibility index (Phi) is 6.12. The van der Waals surface area contributed by atoms with E-state index in [1.165, 1.54) is 0 Å². The molecule has 6 heteroatoms. The number of anilines is 2. The summed E-state index contributed by atoms with van der Waals surface area (Å²) < 4.78 is 0. The van der Waals surface area contributed by atoms with Crippen LogP contribution in [0.5, 0.6) is 0 Å². The first-order valence-corrected chi connectivity index (χ1v) is 7.98. The van der Waals surface area contributed by atoms with Gasteiger partial charge >= 0.3 is 0 Å². The lowest BCUT2D eigenvalue weighted by Gasteiger charge is -2.29. The number of amides is 2. The molecule has 1 saturated heterocycles. The number of hydrogen-bond donors (Lipinski definition) is 2. The van der Waals surface area contributed by atoms with E-state index in [2.05, 4.69) is 15.5 Å². The molecule has 23 heavy (non-hydrogen) atoms. The highest BCUT2D eigenvalue weighted by molar-refractivity contribution is 6.00. The van der Waals surface area contributed by atoms with Gasteiger partial charge in [0.15, 0.2) is 0 Å². The molecule has 1 aliphatic rings. The van der Waals surface area contributed by atoms with Crippen molar-refractivity contribution in [3.63, 3.8) is 0 Å². The molecule has 6 nitrogen and oxygen atoms in total. The third kappa shape index (κ3) is 5.33. The number of nitrogens with zero attached hydrogens (tertiary/aromatic N) is 2. The van der Waals surface area contributed by atoms with Crippen molar-refractivity contribution in [3.8, 4) is 0 Å². The molecular weight excluding hydrogens is 292 g/mol. The van der Waals surface area contributed by atoms with Crippen LogP contribution in [0.2, 0.25) is 0 Å². The summed E-state index contributed by atoms with van der Waals surface area (Å²) in [5.41, 5.74) is 1.29. The lowest BCUT2D eigenvalue weighted by Crippen LogP contribution is -2.38. The molecule has 1 aromatic rings. The molecule has 1 aliphatic heterocycles. The molecular formula is C17H26N4O2. The minimum atomic E-state index is -0.103. The van der Waals surface area contributed by atoms with Gasteiger partial charge in [-0.1, -0.05) is 12.1 Å². The number of piperidine rings is 1. The van der Waals surface area contributed by atoms with Gasteiger partial charge in [0.2, 0.25) is 11.8 Å². The average Bonchev–Trinajstić information content (AvgIpc) is 2.48. The van der Waals surface area contributed by atoms with Gasteiger partial charge in [-0.05, 0) is 52.7 Å². The molecule has 1 unspecified atom stereocenters. The van der Waals surface area contributed by atoms with E-state index in [1.807, 2.05) is 39.3 Å². The zero-order valence-electron chi connectivity index (χ0n) is 14.1. The van der Waals surface area contributed by atoms with Crippen molar-refractivity contribution >= 4 is 23.2 Å².